The molecule has 2 fully saturated rings. The molecule has 0 aromatic heterocycles. The highest BCUT2D eigenvalue weighted by atomic mass is 31.2. The molecule has 2 saturated heterocycles. The van der Waals surface area contributed by atoms with Crippen LogP contribution in [0.3, 0.4) is 0 Å². The van der Waals surface area contributed by atoms with Gasteiger partial charge in [0.2, 0.25) is 0 Å². The molecule has 1 N–H and O–H groups in total. The van der Waals surface area contributed by atoms with Crippen molar-refractivity contribution in [3.05, 3.63) is 0 Å². The fourth-order valence-electron chi connectivity index (χ4n) is 2.40. The first-order valence-corrected chi connectivity index (χ1v) is 7.21. The van der Waals surface area contributed by atoms with Gasteiger partial charge in [-0.2, -0.15) is 0 Å². The molecule has 0 saturated carbocycles. The van der Waals surface area contributed by atoms with Gasteiger partial charge in [-0.05, 0) is 40.2 Å². The van der Waals surface area contributed by atoms with Crippen LogP contribution in [0.2, 0.25) is 0 Å². The summed E-state index contributed by atoms with van der Waals surface area (Å²) >= 11 is 0. The molecule has 2 aliphatic rings. The maximum atomic E-state index is 12.7. The molecule has 2 heterocycles. The van der Waals surface area contributed by atoms with E-state index < -0.39 is 12.9 Å². The van der Waals surface area contributed by atoms with Crippen LogP contribution < -0.4 is 5.32 Å². The molecule has 3 unspecified atom stereocenters. The Morgan fingerprint density at radius 2 is 1.93 bits per heavy atom. The summed E-state index contributed by atoms with van der Waals surface area (Å²) in [5.41, 5.74) is 0. The van der Waals surface area contributed by atoms with Crippen LogP contribution in [-0.4, -0.2) is 24.0 Å². The van der Waals surface area contributed by atoms with Crippen molar-refractivity contribution >= 4 is 7.60 Å². The maximum Gasteiger partial charge on any atom is 0.350 e. The monoisotopic (exact) mass is 233 g/mol. The van der Waals surface area contributed by atoms with E-state index in [0.29, 0.717) is 0 Å². The van der Waals surface area contributed by atoms with Gasteiger partial charge in [-0.15, -0.1) is 0 Å². The second-order valence-electron chi connectivity index (χ2n) is 4.87. The Hall–Kier alpha value is 0.110. The molecule has 0 aliphatic carbocycles. The molecule has 4 nitrogen and oxygen atoms in total. The van der Waals surface area contributed by atoms with Gasteiger partial charge in [0, 0.05) is 6.42 Å². The largest absolute Gasteiger partial charge is 0.350 e. The predicted octanol–water partition coefficient (Wildman–Crippen LogP) is 2.49. The average molecular weight is 233 g/mol. The van der Waals surface area contributed by atoms with E-state index in [2.05, 4.69) is 5.32 Å². The number of rotatable bonds is 1. The molecule has 0 radical (unpaired) electrons. The minimum atomic E-state index is -3.00. The van der Waals surface area contributed by atoms with E-state index in [0.717, 1.165) is 25.8 Å². The van der Waals surface area contributed by atoms with Crippen molar-refractivity contribution in [1.29, 1.82) is 0 Å². The summed E-state index contributed by atoms with van der Waals surface area (Å²) in [6.45, 7) is 6.77. The van der Waals surface area contributed by atoms with E-state index in [1.54, 1.807) is 0 Å². The van der Waals surface area contributed by atoms with Gasteiger partial charge in [0.1, 0.15) is 5.28 Å². The second-order valence-corrected chi connectivity index (χ2v) is 7.27. The van der Waals surface area contributed by atoms with Crippen LogP contribution in [0, 0.1) is 0 Å². The quantitative estimate of drug-likeness (QED) is 0.707. The lowest BCUT2D eigenvalue weighted by Gasteiger charge is -2.40. The molecule has 0 aromatic carbocycles. The normalized spacial score (nSPS) is 51.9. The molecular formula is C10H20NO3P. The van der Waals surface area contributed by atoms with Gasteiger partial charge in [0.05, 0.1) is 12.2 Å². The van der Waals surface area contributed by atoms with Crippen molar-refractivity contribution in [3.8, 4) is 0 Å². The van der Waals surface area contributed by atoms with Crippen LogP contribution in [0.15, 0.2) is 0 Å². The van der Waals surface area contributed by atoms with Crippen molar-refractivity contribution in [2.45, 2.75) is 57.5 Å². The van der Waals surface area contributed by atoms with E-state index in [1.807, 2.05) is 20.8 Å². The van der Waals surface area contributed by atoms with Gasteiger partial charge < -0.3 is 14.4 Å². The Bertz CT molecular complexity index is 274. The van der Waals surface area contributed by atoms with E-state index in [4.69, 9.17) is 9.05 Å². The zero-order valence-electron chi connectivity index (χ0n) is 9.66. The number of hydrogen-bond donors (Lipinski definition) is 1. The maximum absolute atomic E-state index is 12.7. The first kappa shape index (κ1) is 11.6. The fraction of sp³-hybridized carbons (Fsp3) is 1.00. The lowest BCUT2D eigenvalue weighted by Crippen LogP contribution is -2.41. The standard InChI is InChI=1S/C10H20NO3P/c1-8-7-9(2)14-15(12,13-8)10(3)5-4-6-11-10/h8-9,11H,4-7H2,1-3H3. The summed E-state index contributed by atoms with van der Waals surface area (Å²) in [5.74, 6) is 0. The molecule has 2 aliphatic heterocycles. The molecule has 0 bridgehead atoms. The van der Waals surface area contributed by atoms with Crippen molar-refractivity contribution < 1.29 is 13.6 Å². The first-order valence-electron chi connectivity index (χ1n) is 5.67. The van der Waals surface area contributed by atoms with Crippen LogP contribution in [0.4, 0.5) is 0 Å². The van der Waals surface area contributed by atoms with Crippen LogP contribution in [-0.2, 0) is 13.6 Å². The Labute approximate surface area is 91.3 Å². The third kappa shape index (κ3) is 2.01. The summed E-state index contributed by atoms with van der Waals surface area (Å²) in [7, 11) is -3.00. The first-order chi connectivity index (χ1) is 6.95. The summed E-state index contributed by atoms with van der Waals surface area (Å²) in [6, 6.07) is 0. The van der Waals surface area contributed by atoms with Crippen LogP contribution in [0.5, 0.6) is 0 Å². The van der Waals surface area contributed by atoms with Crippen LogP contribution >= 0.6 is 7.60 Å². The Kier molecular flexibility index (Phi) is 2.97. The molecule has 3 atom stereocenters. The molecule has 2 rings (SSSR count). The molecule has 0 amide bonds. The van der Waals surface area contributed by atoms with Crippen molar-refractivity contribution in [2.75, 3.05) is 6.54 Å². The van der Waals surface area contributed by atoms with Gasteiger partial charge in [-0.3, -0.25) is 4.57 Å². The van der Waals surface area contributed by atoms with Gasteiger partial charge in [-0.25, -0.2) is 0 Å². The van der Waals surface area contributed by atoms with E-state index >= 15 is 0 Å². The lowest BCUT2D eigenvalue weighted by atomic mass is 10.2. The zero-order valence-corrected chi connectivity index (χ0v) is 10.5. The topological polar surface area (TPSA) is 47.6 Å². The smallest absolute Gasteiger partial charge is 0.304 e. The summed E-state index contributed by atoms with van der Waals surface area (Å²) in [4.78, 5) is 0. The molecule has 88 valence electrons. The number of hydrogen-bond acceptors (Lipinski definition) is 4. The highest BCUT2D eigenvalue weighted by molar-refractivity contribution is 7.55. The highest BCUT2D eigenvalue weighted by Gasteiger charge is 2.52. The molecule has 0 spiro atoms. The summed E-state index contributed by atoms with van der Waals surface area (Å²) in [6.07, 6.45) is 2.78. The van der Waals surface area contributed by atoms with E-state index in [1.165, 1.54) is 0 Å². The minimum absolute atomic E-state index is 0.0267. The third-order valence-corrected chi connectivity index (χ3v) is 6.12. The second kappa shape index (κ2) is 3.85. The SMILES string of the molecule is CC1CC(C)OP(=O)(C2(C)CCCN2)O1. The Morgan fingerprint density at radius 3 is 2.40 bits per heavy atom. The van der Waals surface area contributed by atoms with Crippen molar-refractivity contribution in [3.63, 3.8) is 0 Å². The Balaban J connectivity index is 2.21. The molecule has 15 heavy (non-hydrogen) atoms. The average Bonchev–Trinajstić information content (AvgIpc) is 2.51. The fourth-order valence-corrected chi connectivity index (χ4v) is 4.77. The molecule has 5 heteroatoms. The Morgan fingerprint density at radius 1 is 1.33 bits per heavy atom. The van der Waals surface area contributed by atoms with E-state index in [9.17, 15) is 4.57 Å². The number of nitrogens with one attached hydrogen (secondary N) is 1. The summed E-state index contributed by atoms with van der Waals surface area (Å²) in [5, 5.41) is 2.79. The zero-order chi connectivity index (χ0) is 11.1. The highest BCUT2D eigenvalue weighted by Crippen LogP contribution is 2.65. The minimum Gasteiger partial charge on any atom is -0.304 e. The summed E-state index contributed by atoms with van der Waals surface area (Å²) < 4.78 is 23.9. The van der Waals surface area contributed by atoms with Gasteiger partial charge in [-0.1, -0.05) is 0 Å². The van der Waals surface area contributed by atoms with Gasteiger partial charge >= 0.3 is 7.60 Å². The molecular weight excluding hydrogens is 213 g/mol. The van der Waals surface area contributed by atoms with E-state index in [-0.39, 0.29) is 12.2 Å². The third-order valence-electron chi connectivity index (χ3n) is 3.25. The lowest BCUT2D eigenvalue weighted by molar-refractivity contribution is 0.0369. The molecule has 0 aromatic rings. The van der Waals surface area contributed by atoms with Crippen molar-refractivity contribution in [2.24, 2.45) is 0 Å². The predicted molar refractivity (Wildman–Crippen MR) is 59.0 cm³/mol. The van der Waals surface area contributed by atoms with Crippen LogP contribution in [0.25, 0.3) is 0 Å². The van der Waals surface area contributed by atoms with Gasteiger partial charge in [0.15, 0.2) is 0 Å². The van der Waals surface area contributed by atoms with Crippen molar-refractivity contribution in [1.82, 2.24) is 5.32 Å². The van der Waals surface area contributed by atoms with Gasteiger partial charge in [0.25, 0.3) is 0 Å². The van der Waals surface area contributed by atoms with Crippen LogP contribution in [0.1, 0.15) is 40.0 Å².